The van der Waals surface area contributed by atoms with Gasteiger partial charge in [0.1, 0.15) is 5.82 Å². The summed E-state index contributed by atoms with van der Waals surface area (Å²) < 4.78 is 0. The van der Waals surface area contributed by atoms with Crippen LogP contribution in [0.25, 0.3) is 0 Å². The summed E-state index contributed by atoms with van der Waals surface area (Å²) in [6.07, 6.45) is 5.27. The maximum atomic E-state index is 12.3. The zero-order chi connectivity index (χ0) is 21.5. The highest BCUT2D eigenvalue weighted by molar-refractivity contribution is 7.99. The third kappa shape index (κ3) is 6.07. The van der Waals surface area contributed by atoms with E-state index in [1.54, 1.807) is 6.20 Å². The molecular weight excluding hydrogens is 404 g/mol. The second-order valence-electron chi connectivity index (χ2n) is 7.97. The van der Waals surface area contributed by atoms with Gasteiger partial charge in [0.25, 0.3) is 0 Å². The Balaban J connectivity index is 1.27. The van der Waals surface area contributed by atoms with Crippen LogP contribution in [-0.4, -0.2) is 34.7 Å². The molecule has 1 amide bonds. The van der Waals surface area contributed by atoms with Crippen LogP contribution in [0.4, 0.5) is 11.5 Å². The number of para-hydroxylation sites is 1. The number of rotatable bonds is 7. The summed E-state index contributed by atoms with van der Waals surface area (Å²) in [7, 11) is 0. The van der Waals surface area contributed by atoms with Crippen molar-refractivity contribution >= 4 is 29.2 Å². The van der Waals surface area contributed by atoms with Gasteiger partial charge in [0, 0.05) is 25.0 Å². The summed E-state index contributed by atoms with van der Waals surface area (Å²) in [5, 5.41) is 3.60. The average molecular weight is 433 g/mol. The molecule has 5 nitrogen and oxygen atoms in total. The minimum atomic E-state index is -0.0463. The second-order valence-corrected chi connectivity index (χ2v) is 8.91. The third-order valence-corrected chi connectivity index (χ3v) is 6.54. The molecule has 0 radical (unpaired) electrons. The van der Waals surface area contributed by atoms with E-state index in [1.165, 1.54) is 30.2 Å². The molecule has 1 fully saturated rings. The second kappa shape index (κ2) is 10.4. The minimum absolute atomic E-state index is 0.0463. The molecule has 4 rings (SSSR count). The molecule has 1 aromatic heterocycles. The van der Waals surface area contributed by atoms with Crippen LogP contribution in [0.15, 0.2) is 72.0 Å². The smallest absolute Gasteiger partial charge is 0.234 e. The van der Waals surface area contributed by atoms with Gasteiger partial charge < -0.3 is 10.2 Å². The van der Waals surface area contributed by atoms with Crippen molar-refractivity contribution in [2.75, 3.05) is 29.1 Å². The Hall–Kier alpha value is -2.86. The number of piperidine rings is 1. The van der Waals surface area contributed by atoms with Gasteiger partial charge in [-0.1, -0.05) is 60.3 Å². The fourth-order valence-electron chi connectivity index (χ4n) is 3.92. The van der Waals surface area contributed by atoms with Gasteiger partial charge in [-0.3, -0.25) is 4.79 Å². The number of amides is 1. The molecule has 6 heteroatoms. The number of aromatic nitrogens is 2. The van der Waals surface area contributed by atoms with Crippen LogP contribution < -0.4 is 10.2 Å². The fraction of sp³-hybridized carbons (Fsp3) is 0.320. The molecule has 0 atom stereocenters. The van der Waals surface area contributed by atoms with E-state index >= 15 is 0 Å². The molecule has 0 unspecified atom stereocenters. The van der Waals surface area contributed by atoms with E-state index in [4.69, 9.17) is 4.98 Å². The quantitative estimate of drug-likeness (QED) is 0.422. The van der Waals surface area contributed by atoms with Gasteiger partial charge in [-0.25, -0.2) is 9.97 Å². The Labute approximate surface area is 188 Å². The van der Waals surface area contributed by atoms with Gasteiger partial charge >= 0.3 is 0 Å². The van der Waals surface area contributed by atoms with Gasteiger partial charge in [-0.2, -0.15) is 0 Å². The fourth-order valence-corrected chi connectivity index (χ4v) is 4.55. The highest BCUT2D eigenvalue weighted by Crippen LogP contribution is 2.26. The molecule has 31 heavy (non-hydrogen) atoms. The number of carbonyl (C=O) groups is 1. The third-order valence-electron chi connectivity index (χ3n) is 5.68. The van der Waals surface area contributed by atoms with Crippen molar-refractivity contribution < 1.29 is 4.79 Å². The zero-order valence-corrected chi connectivity index (χ0v) is 18.6. The topological polar surface area (TPSA) is 58.1 Å². The maximum Gasteiger partial charge on any atom is 0.234 e. The predicted molar refractivity (Wildman–Crippen MR) is 128 cm³/mol. The molecule has 0 saturated carbocycles. The molecule has 0 spiro atoms. The van der Waals surface area contributed by atoms with Gasteiger partial charge in [-0.15, -0.1) is 0 Å². The maximum absolute atomic E-state index is 12.3. The zero-order valence-electron chi connectivity index (χ0n) is 17.8. The standard InChI is InChI=1S/C25H28N4OS/c1-19-7-5-6-10-22(19)27-24(30)18-31-25-26-14-11-23(28-25)29-15-12-21(13-16-29)17-20-8-3-2-4-9-20/h2-11,14,21H,12-13,15-18H2,1H3,(H,27,30). The van der Waals surface area contributed by atoms with Crippen LogP contribution in [0.3, 0.4) is 0 Å². The predicted octanol–water partition coefficient (Wildman–Crippen LogP) is 4.97. The van der Waals surface area contributed by atoms with Crippen LogP contribution in [0.5, 0.6) is 0 Å². The Morgan fingerprint density at radius 2 is 1.81 bits per heavy atom. The summed E-state index contributed by atoms with van der Waals surface area (Å²) in [6, 6.07) is 20.5. The van der Waals surface area contributed by atoms with E-state index < -0.39 is 0 Å². The van der Waals surface area contributed by atoms with E-state index in [1.807, 2.05) is 37.3 Å². The Kier molecular flexibility index (Phi) is 7.20. The molecule has 0 aliphatic carbocycles. The van der Waals surface area contributed by atoms with E-state index in [0.717, 1.165) is 42.5 Å². The van der Waals surface area contributed by atoms with Gasteiger partial charge in [0.15, 0.2) is 5.16 Å². The lowest BCUT2D eigenvalue weighted by atomic mass is 9.90. The lowest BCUT2D eigenvalue weighted by Gasteiger charge is -2.33. The number of nitrogens with one attached hydrogen (secondary N) is 1. The first kappa shape index (κ1) is 21.4. The largest absolute Gasteiger partial charge is 0.356 e. The van der Waals surface area contributed by atoms with Crippen LogP contribution in [0.1, 0.15) is 24.0 Å². The molecule has 1 saturated heterocycles. The Morgan fingerprint density at radius 1 is 1.06 bits per heavy atom. The summed E-state index contributed by atoms with van der Waals surface area (Å²) in [5.41, 5.74) is 3.32. The van der Waals surface area contributed by atoms with Crippen molar-refractivity contribution in [3.8, 4) is 0 Å². The first-order chi connectivity index (χ1) is 15.2. The molecule has 2 heterocycles. The lowest BCUT2D eigenvalue weighted by molar-refractivity contribution is -0.113. The van der Waals surface area contributed by atoms with Crippen LogP contribution in [0.2, 0.25) is 0 Å². The molecule has 1 N–H and O–H groups in total. The normalized spacial score (nSPS) is 14.4. The number of aryl methyl sites for hydroxylation is 1. The van der Waals surface area contributed by atoms with Crippen molar-refractivity contribution in [1.82, 2.24) is 9.97 Å². The molecule has 1 aliphatic rings. The van der Waals surface area contributed by atoms with Crippen LogP contribution in [-0.2, 0) is 11.2 Å². The highest BCUT2D eigenvalue weighted by atomic mass is 32.2. The van der Waals surface area contributed by atoms with Gasteiger partial charge in [0.2, 0.25) is 5.91 Å². The van der Waals surface area contributed by atoms with E-state index in [0.29, 0.717) is 5.16 Å². The van der Waals surface area contributed by atoms with E-state index in [2.05, 4.69) is 45.5 Å². The number of hydrogen-bond donors (Lipinski definition) is 1. The van der Waals surface area contributed by atoms with Crippen molar-refractivity contribution in [2.45, 2.75) is 31.3 Å². The van der Waals surface area contributed by atoms with Crippen LogP contribution in [0, 0.1) is 12.8 Å². The number of hydrogen-bond acceptors (Lipinski definition) is 5. The van der Waals surface area contributed by atoms with E-state index in [-0.39, 0.29) is 11.7 Å². The first-order valence-electron chi connectivity index (χ1n) is 10.8. The minimum Gasteiger partial charge on any atom is -0.356 e. The average Bonchev–Trinajstić information content (AvgIpc) is 2.81. The summed E-state index contributed by atoms with van der Waals surface area (Å²) >= 11 is 1.37. The molecule has 160 valence electrons. The number of nitrogens with zero attached hydrogens (tertiary/aromatic N) is 3. The highest BCUT2D eigenvalue weighted by Gasteiger charge is 2.21. The van der Waals surface area contributed by atoms with Crippen molar-refractivity contribution in [2.24, 2.45) is 5.92 Å². The lowest BCUT2D eigenvalue weighted by Crippen LogP contribution is -2.35. The van der Waals surface area contributed by atoms with Crippen LogP contribution >= 0.6 is 11.8 Å². The van der Waals surface area contributed by atoms with E-state index in [9.17, 15) is 4.79 Å². The molecular formula is C25H28N4OS. The van der Waals surface area contributed by atoms with Crippen molar-refractivity contribution in [3.05, 3.63) is 78.0 Å². The summed E-state index contributed by atoms with van der Waals surface area (Å²) in [6.45, 7) is 4.00. The number of carbonyl (C=O) groups excluding carboxylic acids is 1. The van der Waals surface area contributed by atoms with Gasteiger partial charge in [0.05, 0.1) is 5.75 Å². The Morgan fingerprint density at radius 3 is 2.58 bits per heavy atom. The Bertz CT molecular complexity index is 1000. The number of anilines is 2. The van der Waals surface area contributed by atoms with Gasteiger partial charge in [-0.05, 0) is 55.4 Å². The summed E-state index contributed by atoms with van der Waals surface area (Å²) in [4.78, 5) is 23.7. The molecule has 3 aromatic rings. The number of thioether (sulfide) groups is 1. The monoisotopic (exact) mass is 432 g/mol. The molecule has 0 bridgehead atoms. The molecule has 1 aliphatic heterocycles. The molecule has 2 aromatic carbocycles. The summed E-state index contributed by atoms with van der Waals surface area (Å²) in [5.74, 6) is 1.92. The van der Waals surface area contributed by atoms with Crippen molar-refractivity contribution in [3.63, 3.8) is 0 Å². The number of benzene rings is 2. The van der Waals surface area contributed by atoms with Crippen molar-refractivity contribution in [1.29, 1.82) is 0 Å². The SMILES string of the molecule is Cc1ccccc1NC(=O)CSc1nccc(N2CCC(Cc3ccccc3)CC2)n1. The first-order valence-corrected chi connectivity index (χ1v) is 11.8.